The van der Waals surface area contributed by atoms with Crippen molar-refractivity contribution in [1.82, 2.24) is 15.3 Å². The second-order valence-electron chi connectivity index (χ2n) is 10.6. The van der Waals surface area contributed by atoms with Gasteiger partial charge in [0.1, 0.15) is 22.6 Å². The minimum absolute atomic E-state index is 0.125. The molecule has 0 bridgehead atoms. The van der Waals surface area contributed by atoms with E-state index >= 15 is 0 Å². The van der Waals surface area contributed by atoms with Gasteiger partial charge in [0.15, 0.2) is 0 Å². The Labute approximate surface area is 256 Å². The number of hydrogen-bond donors (Lipinski definition) is 1. The summed E-state index contributed by atoms with van der Waals surface area (Å²) in [6, 6.07) is 7.06. The highest BCUT2D eigenvalue weighted by molar-refractivity contribution is 6.34. The van der Waals surface area contributed by atoms with Gasteiger partial charge in [-0.3, -0.25) is 14.5 Å². The summed E-state index contributed by atoms with van der Waals surface area (Å²) in [6.45, 7) is 11.9. The SMILES string of the molecule is C[C@@H]1CC(=O)N(c2cc(Cl)cc(N3CCOCC3)n2)C1.C[C@H]1CNC(=O)C1.Clc1cc(Cl)nc(N2CCOCC2)c1. The Bertz CT molecular complexity index is 1170. The van der Waals surface area contributed by atoms with Crippen molar-refractivity contribution in [3.63, 3.8) is 0 Å². The molecule has 1 N–H and O–H groups in total. The Morgan fingerprint density at radius 2 is 1.29 bits per heavy atom. The molecule has 2 atom stereocenters. The topological polar surface area (TPSA) is 100 Å². The van der Waals surface area contributed by atoms with Crippen molar-refractivity contribution >= 4 is 64.1 Å². The van der Waals surface area contributed by atoms with Crippen LogP contribution in [0.25, 0.3) is 0 Å². The zero-order valence-corrected chi connectivity index (χ0v) is 25.7. The molecule has 224 valence electrons. The lowest BCUT2D eigenvalue weighted by Crippen LogP contribution is -2.37. The van der Waals surface area contributed by atoms with Gasteiger partial charge >= 0.3 is 0 Å². The second kappa shape index (κ2) is 15.2. The van der Waals surface area contributed by atoms with Gasteiger partial charge in [0.25, 0.3) is 0 Å². The first-order valence-corrected chi connectivity index (χ1v) is 15.0. The molecule has 10 nitrogen and oxygen atoms in total. The predicted octanol–water partition coefficient (Wildman–Crippen LogP) is 4.31. The monoisotopic (exact) mass is 626 g/mol. The molecule has 4 aliphatic rings. The van der Waals surface area contributed by atoms with Crippen LogP contribution in [0.15, 0.2) is 24.3 Å². The fraction of sp³-hybridized carbons (Fsp3) is 0.571. The van der Waals surface area contributed by atoms with E-state index in [-0.39, 0.29) is 11.8 Å². The van der Waals surface area contributed by atoms with Gasteiger partial charge < -0.3 is 24.6 Å². The molecular weight excluding hydrogens is 591 g/mol. The molecule has 6 rings (SSSR count). The van der Waals surface area contributed by atoms with Gasteiger partial charge in [-0.15, -0.1) is 0 Å². The van der Waals surface area contributed by atoms with Gasteiger partial charge in [0.05, 0.1) is 26.4 Å². The number of morpholine rings is 2. The molecule has 4 aliphatic heterocycles. The van der Waals surface area contributed by atoms with Crippen LogP contribution in [0.5, 0.6) is 0 Å². The highest BCUT2D eigenvalue weighted by atomic mass is 35.5. The summed E-state index contributed by atoms with van der Waals surface area (Å²) in [5.74, 6) is 3.57. The normalized spacial score (nSPS) is 22.5. The van der Waals surface area contributed by atoms with Crippen LogP contribution in [0.2, 0.25) is 15.2 Å². The summed E-state index contributed by atoms with van der Waals surface area (Å²) in [5.41, 5.74) is 0. The van der Waals surface area contributed by atoms with Crippen molar-refractivity contribution in [2.45, 2.75) is 26.7 Å². The van der Waals surface area contributed by atoms with E-state index in [4.69, 9.17) is 44.3 Å². The van der Waals surface area contributed by atoms with Crippen LogP contribution in [0.1, 0.15) is 26.7 Å². The van der Waals surface area contributed by atoms with Crippen molar-refractivity contribution in [3.05, 3.63) is 39.5 Å². The number of hydrogen-bond acceptors (Lipinski definition) is 8. The third kappa shape index (κ3) is 9.58. The first-order chi connectivity index (χ1) is 19.7. The van der Waals surface area contributed by atoms with Gasteiger partial charge in [-0.05, 0) is 36.1 Å². The lowest BCUT2D eigenvalue weighted by molar-refractivity contribution is -0.119. The fourth-order valence-corrected chi connectivity index (χ4v) is 5.48. The van der Waals surface area contributed by atoms with E-state index in [9.17, 15) is 9.59 Å². The molecule has 0 radical (unpaired) electrons. The van der Waals surface area contributed by atoms with Crippen LogP contribution in [0, 0.1) is 11.8 Å². The standard InChI is InChI=1S/C14H18ClN3O2.C9H10Cl2N2O.C5H9NO/c1-10-6-14(19)18(9-10)13-8-11(15)7-12(16-13)17-2-4-20-5-3-17;10-7-5-8(11)12-9(6-7)13-1-3-14-4-2-13;1-4-2-5(7)6-3-4/h7-8,10H,2-6,9H2,1H3;5-6H,1-4H2;4H,2-3H2,1H3,(H,6,7)/t10-;;4-/m1.1/s1. The quantitative estimate of drug-likeness (QED) is 0.503. The lowest BCUT2D eigenvalue weighted by Gasteiger charge is -2.29. The van der Waals surface area contributed by atoms with Gasteiger partial charge in [-0.25, -0.2) is 9.97 Å². The molecule has 2 aromatic rings. The van der Waals surface area contributed by atoms with Gasteiger partial charge in [-0.2, -0.15) is 0 Å². The maximum Gasteiger partial charge on any atom is 0.228 e. The summed E-state index contributed by atoms with van der Waals surface area (Å²) in [5, 5.41) is 4.39. The zero-order valence-electron chi connectivity index (χ0n) is 23.5. The van der Waals surface area contributed by atoms with E-state index in [0.717, 1.165) is 64.0 Å². The minimum atomic E-state index is 0.125. The Hall–Kier alpha value is -2.37. The van der Waals surface area contributed by atoms with E-state index in [1.54, 1.807) is 17.0 Å². The molecule has 4 fully saturated rings. The van der Waals surface area contributed by atoms with Crippen LogP contribution >= 0.6 is 34.8 Å². The van der Waals surface area contributed by atoms with Crippen LogP contribution in [0.4, 0.5) is 17.5 Å². The molecule has 2 amide bonds. The number of ether oxygens (including phenoxy) is 2. The van der Waals surface area contributed by atoms with E-state index in [2.05, 4.69) is 38.9 Å². The summed E-state index contributed by atoms with van der Waals surface area (Å²) in [4.78, 5) is 37.2. The van der Waals surface area contributed by atoms with Crippen LogP contribution in [0.3, 0.4) is 0 Å². The molecule has 4 saturated heterocycles. The van der Waals surface area contributed by atoms with Crippen LogP contribution in [-0.2, 0) is 19.1 Å². The average Bonchev–Trinajstić information content (AvgIpc) is 3.51. The Kier molecular flexibility index (Phi) is 11.7. The van der Waals surface area contributed by atoms with Crippen molar-refractivity contribution in [1.29, 1.82) is 0 Å². The van der Waals surface area contributed by atoms with Gasteiger partial charge in [0, 0.05) is 62.2 Å². The number of nitrogens with zero attached hydrogens (tertiary/aromatic N) is 5. The van der Waals surface area contributed by atoms with Crippen LogP contribution < -0.4 is 20.0 Å². The molecule has 0 aromatic carbocycles. The number of carbonyl (C=O) groups excluding carboxylic acids is 2. The highest BCUT2D eigenvalue weighted by Crippen LogP contribution is 2.29. The highest BCUT2D eigenvalue weighted by Gasteiger charge is 2.29. The van der Waals surface area contributed by atoms with Gasteiger partial charge in [-0.1, -0.05) is 48.7 Å². The van der Waals surface area contributed by atoms with Crippen molar-refractivity contribution in [2.75, 3.05) is 80.4 Å². The molecule has 0 saturated carbocycles. The van der Waals surface area contributed by atoms with Crippen molar-refractivity contribution in [2.24, 2.45) is 11.8 Å². The molecular formula is C28H37Cl3N6O4. The Morgan fingerprint density at radius 1 is 0.756 bits per heavy atom. The van der Waals surface area contributed by atoms with Gasteiger partial charge in [0.2, 0.25) is 11.8 Å². The molecule has 2 aromatic heterocycles. The predicted molar refractivity (Wildman–Crippen MR) is 162 cm³/mol. The maximum absolute atomic E-state index is 12.0. The van der Waals surface area contributed by atoms with E-state index in [0.29, 0.717) is 59.0 Å². The van der Waals surface area contributed by atoms with E-state index in [1.165, 1.54) is 0 Å². The number of aromatic nitrogens is 2. The number of pyridine rings is 2. The molecule has 13 heteroatoms. The minimum Gasteiger partial charge on any atom is -0.378 e. The van der Waals surface area contributed by atoms with E-state index < -0.39 is 0 Å². The number of halogens is 3. The summed E-state index contributed by atoms with van der Waals surface area (Å²) in [7, 11) is 0. The molecule has 6 heterocycles. The molecule has 41 heavy (non-hydrogen) atoms. The number of carbonyl (C=O) groups is 2. The number of amides is 2. The number of nitrogens with one attached hydrogen (secondary N) is 1. The van der Waals surface area contributed by atoms with Crippen molar-refractivity contribution in [3.8, 4) is 0 Å². The third-order valence-electron chi connectivity index (χ3n) is 6.96. The maximum atomic E-state index is 12.0. The Balaban J connectivity index is 0.000000159. The third-order valence-corrected chi connectivity index (χ3v) is 7.59. The van der Waals surface area contributed by atoms with Crippen molar-refractivity contribution < 1.29 is 19.1 Å². The summed E-state index contributed by atoms with van der Waals surface area (Å²) in [6.07, 6.45) is 1.31. The largest absolute Gasteiger partial charge is 0.378 e. The summed E-state index contributed by atoms with van der Waals surface area (Å²) >= 11 is 17.9. The molecule has 0 aliphatic carbocycles. The van der Waals surface area contributed by atoms with Crippen LogP contribution in [-0.4, -0.2) is 87.5 Å². The molecule has 0 unspecified atom stereocenters. The average molecular weight is 628 g/mol. The Morgan fingerprint density at radius 3 is 1.73 bits per heavy atom. The first-order valence-electron chi connectivity index (χ1n) is 13.9. The fourth-order valence-electron chi connectivity index (χ4n) is 4.83. The second-order valence-corrected chi connectivity index (χ2v) is 11.9. The number of rotatable bonds is 3. The summed E-state index contributed by atoms with van der Waals surface area (Å²) < 4.78 is 10.6. The van der Waals surface area contributed by atoms with E-state index in [1.807, 2.05) is 12.1 Å². The zero-order chi connectivity index (χ0) is 29.4. The first kappa shape index (κ1) is 31.6. The lowest BCUT2D eigenvalue weighted by atomic mass is 10.2. The smallest absolute Gasteiger partial charge is 0.228 e. The molecule has 0 spiro atoms. The number of anilines is 3.